The highest BCUT2D eigenvalue weighted by molar-refractivity contribution is 14.1. The first-order valence-electron chi connectivity index (χ1n) is 15.4. The lowest BCUT2D eigenvalue weighted by atomic mass is 9.91. The Morgan fingerprint density at radius 3 is 2.44 bits per heavy atom. The fraction of sp³-hybridized carbons (Fsp3) is 0.184. The number of benzene rings is 4. The molecule has 1 atom stereocenters. The summed E-state index contributed by atoms with van der Waals surface area (Å²) in [5.41, 5.74) is 4.66. The maximum Gasteiger partial charge on any atom is 0.338 e. The Hall–Kier alpha value is -3.87. The summed E-state index contributed by atoms with van der Waals surface area (Å²) in [7, 11) is 0. The van der Waals surface area contributed by atoms with E-state index in [0.717, 1.165) is 30.3 Å². The number of hydrogen-bond acceptors (Lipinski definition) is 6. The molecular formula is C38H31BrFIN2O4S. The minimum Gasteiger partial charge on any atom is -0.487 e. The van der Waals surface area contributed by atoms with Crippen molar-refractivity contribution in [3.8, 4) is 5.75 Å². The van der Waals surface area contributed by atoms with Crippen LogP contribution in [0.2, 0.25) is 0 Å². The van der Waals surface area contributed by atoms with Crippen molar-refractivity contribution in [2.75, 3.05) is 6.61 Å². The van der Waals surface area contributed by atoms with Gasteiger partial charge in [0, 0.05) is 15.6 Å². The molecule has 0 spiro atoms. The zero-order chi connectivity index (χ0) is 33.9. The molecule has 0 fully saturated rings. The van der Waals surface area contributed by atoms with E-state index in [1.54, 1.807) is 29.7 Å². The molecule has 1 aliphatic heterocycles. The van der Waals surface area contributed by atoms with Gasteiger partial charge in [-0.3, -0.25) is 9.36 Å². The van der Waals surface area contributed by atoms with Crippen LogP contribution in [0.1, 0.15) is 60.5 Å². The summed E-state index contributed by atoms with van der Waals surface area (Å²) >= 11 is 7.04. The first kappa shape index (κ1) is 34.0. The monoisotopic (exact) mass is 836 g/mol. The van der Waals surface area contributed by atoms with Crippen LogP contribution in [0.4, 0.5) is 4.39 Å². The SMILES string of the molecule is CCOC(=O)C1=C(c2ccccc2)N=c2s/c(=C\c3cc(Br)cc(I)c3OCc3ccc(F)cc3)c(=O)n2[C@@H]1c1ccc(C(C)C)cc1. The summed E-state index contributed by atoms with van der Waals surface area (Å²) < 4.78 is 29.0. The Labute approximate surface area is 303 Å². The molecule has 6 nitrogen and oxygen atoms in total. The number of ether oxygens (including phenoxy) is 2. The number of fused-ring (bicyclic) bond motifs is 1. The summed E-state index contributed by atoms with van der Waals surface area (Å²) in [4.78, 5) is 33.7. The molecule has 0 aliphatic carbocycles. The van der Waals surface area contributed by atoms with Gasteiger partial charge in [-0.05, 0) is 82.5 Å². The predicted octanol–water partition coefficient (Wildman–Crippen LogP) is 8.14. The van der Waals surface area contributed by atoms with E-state index in [4.69, 9.17) is 14.5 Å². The van der Waals surface area contributed by atoms with Crippen LogP contribution in [0.3, 0.4) is 0 Å². The number of rotatable bonds is 9. The molecule has 0 saturated heterocycles. The van der Waals surface area contributed by atoms with Crippen LogP contribution in [0.15, 0.2) is 111 Å². The van der Waals surface area contributed by atoms with E-state index in [1.807, 2.05) is 66.7 Å². The van der Waals surface area contributed by atoms with Gasteiger partial charge in [0.2, 0.25) is 0 Å². The number of esters is 1. The van der Waals surface area contributed by atoms with Gasteiger partial charge < -0.3 is 9.47 Å². The van der Waals surface area contributed by atoms with Crippen molar-refractivity contribution in [2.24, 2.45) is 4.99 Å². The van der Waals surface area contributed by atoms with Crippen LogP contribution in [-0.4, -0.2) is 17.1 Å². The van der Waals surface area contributed by atoms with Crippen molar-refractivity contribution >= 4 is 67.6 Å². The molecule has 1 aromatic heterocycles. The summed E-state index contributed by atoms with van der Waals surface area (Å²) in [6.07, 6.45) is 1.80. The van der Waals surface area contributed by atoms with Crippen molar-refractivity contribution in [1.29, 1.82) is 0 Å². The lowest BCUT2D eigenvalue weighted by Crippen LogP contribution is -2.40. The third-order valence-electron chi connectivity index (χ3n) is 7.91. The summed E-state index contributed by atoms with van der Waals surface area (Å²) in [6, 6.07) is 26.7. The van der Waals surface area contributed by atoms with Gasteiger partial charge in [0.25, 0.3) is 5.56 Å². The van der Waals surface area contributed by atoms with Crippen molar-refractivity contribution in [3.05, 3.63) is 158 Å². The Morgan fingerprint density at radius 1 is 1.06 bits per heavy atom. The van der Waals surface area contributed by atoms with Crippen LogP contribution in [0.25, 0.3) is 11.8 Å². The Kier molecular flexibility index (Phi) is 10.4. The molecule has 0 N–H and O–H groups in total. The maximum atomic E-state index is 14.5. The normalized spacial score (nSPS) is 14.6. The number of hydrogen-bond donors (Lipinski definition) is 0. The Balaban J connectivity index is 1.55. The van der Waals surface area contributed by atoms with E-state index in [9.17, 15) is 14.0 Å². The fourth-order valence-electron chi connectivity index (χ4n) is 5.54. The second-order valence-electron chi connectivity index (χ2n) is 11.5. The number of nitrogens with zero attached hydrogens (tertiary/aromatic N) is 2. The second kappa shape index (κ2) is 14.7. The van der Waals surface area contributed by atoms with E-state index >= 15 is 0 Å². The molecule has 6 rings (SSSR count). The van der Waals surface area contributed by atoms with Crippen molar-refractivity contribution < 1.29 is 18.7 Å². The molecule has 0 amide bonds. The van der Waals surface area contributed by atoms with Crippen LogP contribution in [-0.2, 0) is 16.1 Å². The lowest BCUT2D eigenvalue weighted by Gasteiger charge is -2.26. The van der Waals surface area contributed by atoms with E-state index in [-0.39, 0.29) is 24.6 Å². The number of carbonyl (C=O) groups is 1. The van der Waals surface area contributed by atoms with Gasteiger partial charge in [0.1, 0.15) is 18.2 Å². The number of thiazole rings is 1. The van der Waals surface area contributed by atoms with E-state index in [1.165, 1.54) is 23.5 Å². The summed E-state index contributed by atoms with van der Waals surface area (Å²) in [5, 5.41) is 0. The zero-order valence-electron chi connectivity index (χ0n) is 26.4. The average molecular weight is 838 g/mol. The second-order valence-corrected chi connectivity index (χ2v) is 14.6. The quantitative estimate of drug-likeness (QED) is 0.111. The molecule has 5 aromatic rings. The third-order valence-corrected chi connectivity index (χ3v) is 10.2. The number of aromatic nitrogens is 1. The predicted molar refractivity (Wildman–Crippen MR) is 199 cm³/mol. The number of carbonyl (C=O) groups excluding carboxylic acids is 1. The molecule has 244 valence electrons. The van der Waals surface area contributed by atoms with Crippen LogP contribution in [0, 0.1) is 9.39 Å². The molecule has 2 heterocycles. The smallest absolute Gasteiger partial charge is 0.338 e. The molecule has 1 aliphatic rings. The minimum atomic E-state index is -0.768. The topological polar surface area (TPSA) is 69.9 Å². The molecule has 4 aromatic carbocycles. The van der Waals surface area contributed by atoms with Gasteiger partial charge in [-0.1, -0.05) is 108 Å². The standard InChI is InChI=1S/C38H31BrFIN2O4S/c1-4-46-37(45)32-33(25-8-6-5-7-9-25)42-38-43(34(32)26-14-12-24(13-15-26)22(2)3)36(44)31(48-38)19-27-18-28(39)20-30(41)35(27)47-21-23-10-16-29(40)17-11-23/h5-20,22,34H,4,21H2,1-3H3/b31-19-/t34-/m1/s1. The average Bonchev–Trinajstić information content (AvgIpc) is 3.38. The Bertz CT molecular complexity index is 2200. The van der Waals surface area contributed by atoms with Gasteiger partial charge in [-0.25, -0.2) is 14.2 Å². The van der Waals surface area contributed by atoms with E-state index in [2.05, 4.69) is 52.4 Å². The fourth-order valence-corrected chi connectivity index (χ4v) is 8.23. The molecule has 0 radical (unpaired) electrons. The largest absolute Gasteiger partial charge is 0.487 e. The lowest BCUT2D eigenvalue weighted by molar-refractivity contribution is -0.138. The van der Waals surface area contributed by atoms with Gasteiger partial charge in [-0.2, -0.15) is 0 Å². The molecule has 48 heavy (non-hydrogen) atoms. The highest BCUT2D eigenvalue weighted by Crippen LogP contribution is 2.36. The Morgan fingerprint density at radius 2 is 1.77 bits per heavy atom. The van der Waals surface area contributed by atoms with Gasteiger partial charge in [0.15, 0.2) is 4.80 Å². The highest BCUT2D eigenvalue weighted by atomic mass is 127. The molecular weight excluding hydrogens is 806 g/mol. The summed E-state index contributed by atoms with van der Waals surface area (Å²) in [6.45, 7) is 6.40. The van der Waals surface area contributed by atoms with Crippen molar-refractivity contribution in [2.45, 2.75) is 39.3 Å². The molecule has 0 bridgehead atoms. The first-order valence-corrected chi connectivity index (χ1v) is 18.1. The maximum absolute atomic E-state index is 14.5. The van der Waals surface area contributed by atoms with Gasteiger partial charge >= 0.3 is 5.97 Å². The van der Waals surface area contributed by atoms with Crippen LogP contribution < -0.4 is 19.6 Å². The molecule has 10 heteroatoms. The zero-order valence-corrected chi connectivity index (χ0v) is 30.9. The molecule has 0 unspecified atom stereocenters. The first-order chi connectivity index (χ1) is 23.1. The third kappa shape index (κ3) is 7.11. The van der Waals surface area contributed by atoms with E-state index in [0.29, 0.717) is 37.8 Å². The molecule has 0 saturated carbocycles. The highest BCUT2D eigenvalue weighted by Gasteiger charge is 2.35. The number of halogens is 3. The minimum absolute atomic E-state index is 0.177. The van der Waals surface area contributed by atoms with Crippen molar-refractivity contribution in [1.82, 2.24) is 4.57 Å². The van der Waals surface area contributed by atoms with Crippen molar-refractivity contribution in [3.63, 3.8) is 0 Å². The van der Waals surface area contributed by atoms with Gasteiger partial charge in [-0.15, -0.1) is 0 Å². The summed E-state index contributed by atoms with van der Waals surface area (Å²) in [5.74, 6) is 0.0644. The van der Waals surface area contributed by atoms with E-state index < -0.39 is 12.0 Å². The van der Waals surface area contributed by atoms with Crippen LogP contribution in [0.5, 0.6) is 5.75 Å². The van der Waals surface area contributed by atoms with Crippen LogP contribution >= 0.6 is 49.9 Å². The van der Waals surface area contributed by atoms with Gasteiger partial charge in [0.05, 0.1) is 32.0 Å².